The van der Waals surface area contributed by atoms with E-state index in [9.17, 15) is 9.90 Å². The third-order valence-corrected chi connectivity index (χ3v) is 7.57. The molecule has 2 aromatic heterocycles. The minimum absolute atomic E-state index is 0.181. The second kappa shape index (κ2) is 11.5. The summed E-state index contributed by atoms with van der Waals surface area (Å²) in [4.78, 5) is 24.1. The molecule has 0 bridgehead atoms. The normalized spacial score (nSPS) is 22.8. The highest BCUT2D eigenvalue weighted by atomic mass is 16.5. The summed E-state index contributed by atoms with van der Waals surface area (Å²) in [5.41, 5.74) is 2.30. The molecular formula is C26H41N5O3. The molecule has 3 heterocycles. The number of aromatic nitrogens is 3. The average molecular weight is 472 g/mol. The van der Waals surface area contributed by atoms with Crippen LogP contribution in [0.25, 0.3) is 11.0 Å². The average Bonchev–Trinajstić information content (AvgIpc) is 3.22. The van der Waals surface area contributed by atoms with Crippen molar-refractivity contribution >= 4 is 22.9 Å². The topological polar surface area (TPSA) is 92.5 Å². The van der Waals surface area contributed by atoms with Crippen molar-refractivity contribution in [3.05, 3.63) is 18.0 Å². The number of rotatable bonds is 9. The Morgan fingerprint density at radius 3 is 2.65 bits per heavy atom. The van der Waals surface area contributed by atoms with E-state index in [1.54, 1.807) is 7.11 Å². The van der Waals surface area contributed by atoms with Crippen molar-refractivity contribution < 1.29 is 14.6 Å². The number of anilines is 1. The number of carbonyl (C=O) groups excluding carboxylic acids is 1. The van der Waals surface area contributed by atoms with Gasteiger partial charge in [0.1, 0.15) is 5.65 Å². The van der Waals surface area contributed by atoms with Crippen LogP contribution in [0.4, 0.5) is 5.95 Å². The van der Waals surface area contributed by atoms with Crippen LogP contribution >= 0.6 is 0 Å². The Morgan fingerprint density at radius 2 is 1.97 bits per heavy atom. The van der Waals surface area contributed by atoms with Gasteiger partial charge >= 0.3 is 0 Å². The largest absolute Gasteiger partial charge is 0.393 e. The maximum Gasteiger partial charge on any atom is 0.224 e. The highest BCUT2D eigenvalue weighted by Crippen LogP contribution is 2.38. The lowest BCUT2D eigenvalue weighted by Crippen LogP contribution is -2.38. The number of hydrogen-bond acceptors (Lipinski definition) is 6. The quantitative estimate of drug-likeness (QED) is 0.568. The third kappa shape index (κ3) is 5.71. The maximum absolute atomic E-state index is 12.4. The van der Waals surface area contributed by atoms with Crippen molar-refractivity contribution in [3.63, 3.8) is 0 Å². The van der Waals surface area contributed by atoms with Gasteiger partial charge in [-0.3, -0.25) is 4.79 Å². The highest BCUT2D eigenvalue weighted by Gasteiger charge is 2.29. The molecule has 1 aliphatic carbocycles. The van der Waals surface area contributed by atoms with E-state index in [2.05, 4.69) is 34.9 Å². The van der Waals surface area contributed by atoms with E-state index >= 15 is 0 Å². The zero-order valence-electron chi connectivity index (χ0n) is 21.0. The van der Waals surface area contributed by atoms with Gasteiger partial charge in [0, 0.05) is 50.1 Å². The second-order valence-corrected chi connectivity index (χ2v) is 10.1. The molecule has 1 amide bonds. The number of hydrogen-bond donors (Lipinski definition) is 2. The van der Waals surface area contributed by atoms with Gasteiger partial charge in [0.2, 0.25) is 11.9 Å². The summed E-state index contributed by atoms with van der Waals surface area (Å²) >= 11 is 0. The molecule has 1 aliphatic heterocycles. The van der Waals surface area contributed by atoms with Gasteiger partial charge in [-0.2, -0.15) is 4.98 Å². The van der Waals surface area contributed by atoms with E-state index in [1.807, 2.05) is 11.1 Å². The summed E-state index contributed by atoms with van der Waals surface area (Å²) in [6, 6.07) is 0.682. The molecule has 2 aromatic rings. The number of amides is 1. The van der Waals surface area contributed by atoms with Gasteiger partial charge in [-0.15, -0.1) is 0 Å². The van der Waals surface area contributed by atoms with Gasteiger partial charge in [0.05, 0.1) is 19.1 Å². The van der Waals surface area contributed by atoms with Crippen molar-refractivity contribution in [2.45, 2.75) is 95.7 Å². The van der Waals surface area contributed by atoms with E-state index in [-0.39, 0.29) is 12.0 Å². The molecule has 8 nitrogen and oxygen atoms in total. The van der Waals surface area contributed by atoms with E-state index in [1.165, 1.54) is 5.56 Å². The van der Waals surface area contributed by atoms with E-state index in [0.717, 1.165) is 75.5 Å². The fraction of sp³-hybridized carbons (Fsp3) is 0.731. The number of nitrogens with one attached hydrogen (secondary N) is 1. The fourth-order valence-electron chi connectivity index (χ4n) is 5.58. The van der Waals surface area contributed by atoms with Crippen LogP contribution in [0.2, 0.25) is 0 Å². The van der Waals surface area contributed by atoms with Crippen molar-refractivity contribution in [1.29, 1.82) is 0 Å². The molecule has 8 heteroatoms. The Labute approximate surface area is 203 Å². The zero-order chi connectivity index (χ0) is 24.1. The minimum Gasteiger partial charge on any atom is -0.393 e. The van der Waals surface area contributed by atoms with Crippen molar-refractivity contribution in [2.24, 2.45) is 0 Å². The molecule has 1 saturated carbocycles. The highest BCUT2D eigenvalue weighted by molar-refractivity contribution is 5.82. The maximum atomic E-state index is 12.4. The molecule has 2 aliphatic rings. The number of carbonyl (C=O) groups is 1. The molecule has 1 saturated heterocycles. The molecule has 4 rings (SSSR count). The summed E-state index contributed by atoms with van der Waals surface area (Å²) in [6.45, 7) is 6.40. The monoisotopic (exact) mass is 471 g/mol. The van der Waals surface area contributed by atoms with E-state index in [4.69, 9.17) is 9.72 Å². The fourth-order valence-corrected chi connectivity index (χ4v) is 5.58. The first-order valence-electron chi connectivity index (χ1n) is 13.1. The van der Waals surface area contributed by atoms with Crippen LogP contribution in [0.1, 0.15) is 89.2 Å². The predicted octanol–water partition coefficient (Wildman–Crippen LogP) is 4.25. The van der Waals surface area contributed by atoms with Gasteiger partial charge in [-0.25, -0.2) is 4.98 Å². The molecular weight excluding hydrogens is 430 g/mol. The van der Waals surface area contributed by atoms with Crippen LogP contribution in [-0.4, -0.2) is 69.4 Å². The molecule has 34 heavy (non-hydrogen) atoms. The number of nitrogens with zero attached hydrogens (tertiary/aromatic N) is 4. The summed E-state index contributed by atoms with van der Waals surface area (Å²) in [5.74, 6) is 1.27. The Balaban J connectivity index is 1.57. The van der Waals surface area contributed by atoms with Crippen LogP contribution in [0.15, 0.2) is 12.4 Å². The molecule has 0 radical (unpaired) electrons. The number of piperidine rings is 1. The molecule has 2 N–H and O–H groups in total. The lowest BCUT2D eigenvalue weighted by molar-refractivity contribution is -0.133. The molecule has 0 spiro atoms. The Bertz CT molecular complexity index is 945. The molecule has 0 aromatic carbocycles. The number of aliphatic hydroxyl groups is 1. The number of methoxy groups -OCH3 is 1. The number of ether oxygens (including phenoxy) is 1. The summed E-state index contributed by atoms with van der Waals surface area (Å²) in [5, 5.41) is 14.6. The van der Waals surface area contributed by atoms with E-state index in [0.29, 0.717) is 37.0 Å². The number of fused-ring (bicyclic) bond motifs is 1. The van der Waals surface area contributed by atoms with Crippen molar-refractivity contribution in [3.8, 4) is 0 Å². The van der Waals surface area contributed by atoms with Gasteiger partial charge in [0.25, 0.3) is 0 Å². The van der Waals surface area contributed by atoms with Gasteiger partial charge in [0.15, 0.2) is 0 Å². The smallest absolute Gasteiger partial charge is 0.224 e. The first-order valence-corrected chi connectivity index (χ1v) is 13.1. The number of aliphatic hydroxyl groups excluding tert-OH is 1. The Morgan fingerprint density at radius 1 is 1.24 bits per heavy atom. The van der Waals surface area contributed by atoms with Gasteiger partial charge < -0.3 is 24.6 Å². The van der Waals surface area contributed by atoms with Crippen LogP contribution < -0.4 is 5.32 Å². The zero-order valence-corrected chi connectivity index (χ0v) is 21.0. The lowest BCUT2D eigenvalue weighted by atomic mass is 9.89. The van der Waals surface area contributed by atoms with Crippen LogP contribution in [0, 0.1) is 0 Å². The van der Waals surface area contributed by atoms with E-state index < -0.39 is 0 Å². The third-order valence-electron chi connectivity index (χ3n) is 7.57. The molecule has 188 valence electrons. The second-order valence-electron chi connectivity index (χ2n) is 10.1. The first-order chi connectivity index (χ1) is 16.5. The summed E-state index contributed by atoms with van der Waals surface area (Å²) in [7, 11) is 1.63. The standard InChI is InChI=1S/C26H41N5O3/c1-4-5-18(2)28-26-27-16-22-23(19-10-13-30(14-11-19)24(33)12-15-34-3)17-31(25(22)29-26)20-6-8-21(32)9-7-20/h16-21,32H,4-15H2,1-3H3,(H,27,28,29)/t18-,20-,21-/m0/s1. The summed E-state index contributed by atoms with van der Waals surface area (Å²) < 4.78 is 7.42. The lowest BCUT2D eigenvalue weighted by Gasteiger charge is -2.32. The van der Waals surface area contributed by atoms with Crippen LogP contribution in [-0.2, 0) is 9.53 Å². The Kier molecular flexibility index (Phi) is 8.42. The van der Waals surface area contributed by atoms with Crippen LogP contribution in [0.3, 0.4) is 0 Å². The predicted molar refractivity (Wildman–Crippen MR) is 134 cm³/mol. The minimum atomic E-state index is -0.181. The van der Waals surface area contributed by atoms with Gasteiger partial charge in [-0.1, -0.05) is 13.3 Å². The first kappa shape index (κ1) is 24.9. The van der Waals surface area contributed by atoms with Crippen molar-refractivity contribution in [2.75, 3.05) is 32.1 Å². The SMILES string of the molecule is CCC[C@H](C)Nc1ncc2c(C3CCN(C(=O)CCOC)CC3)cn([C@H]3CC[C@H](O)CC3)c2n1. The number of likely N-dealkylation sites (tertiary alicyclic amines) is 1. The molecule has 0 unspecified atom stereocenters. The Hall–Kier alpha value is -2.19. The van der Waals surface area contributed by atoms with Gasteiger partial charge in [-0.05, 0) is 63.4 Å². The van der Waals surface area contributed by atoms with Crippen molar-refractivity contribution in [1.82, 2.24) is 19.4 Å². The molecule has 2 fully saturated rings. The summed E-state index contributed by atoms with van der Waals surface area (Å²) in [6.07, 6.45) is 12.3. The molecule has 1 atom stereocenters. The van der Waals surface area contributed by atoms with Crippen LogP contribution in [0.5, 0.6) is 0 Å².